The van der Waals surface area contributed by atoms with Crippen molar-refractivity contribution < 1.29 is 4.79 Å². The van der Waals surface area contributed by atoms with Gasteiger partial charge in [-0.3, -0.25) is 4.79 Å². The molecule has 0 aromatic carbocycles. The fourth-order valence-electron chi connectivity index (χ4n) is 1.51. The Kier molecular flexibility index (Phi) is 3.87. The Morgan fingerprint density at radius 3 is 2.79 bits per heavy atom. The summed E-state index contributed by atoms with van der Waals surface area (Å²) >= 11 is 3.49. The van der Waals surface area contributed by atoms with Crippen LogP contribution in [-0.4, -0.2) is 5.78 Å². The first-order chi connectivity index (χ1) is 6.50. The van der Waals surface area contributed by atoms with Crippen molar-refractivity contribution in [2.75, 3.05) is 0 Å². The SMILES string of the molecule is C=C1/C=C(C)\C=C(\Br)CCC(C)C1=O. The van der Waals surface area contributed by atoms with E-state index in [0.717, 1.165) is 22.9 Å². The third kappa shape index (κ3) is 2.95. The van der Waals surface area contributed by atoms with E-state index in [9.17, 15) is 4.79 Å². The molecule has 0 aliphatic heterocycles. The summed E-state index contributed by atoms with van der Waals surface area (Å²) in [6, 6.07) is 0. The van der Waals surface area contributed by atoms with Crippen LogP contribution in [0, 0.1) is 5.92 Å². The Hall–Kier alpha value is -0.630. The van der Waals surface area contributed by atoms with Crippen molar-refractivity contribution in [2.24, 2.45) is 5.92 Å². The number of hydrogen-bond donors (Lipinski definition) is 0. The molecule has 0 bridgehead atoms. The van der Waals surface area contributed by atoms with Crippen LogP contribution in [0.25, 0.3) is 0 Å². The summed E-state index contributed by atoms with van der Waals surface area (Å²) in [6.07, 6.45) is 5.71. The second kappa shape index (κ2) is 4.74. The number of ketones is 1. The van der Waals surface area contributed by atoms with Gasteiger partial charge in [0, 0.05) is 11.5 Å². The fraction of sp³-hybridized carbons (Fsp3) is 0.417. The summed E-state index contributed by atoms with van der Waals surface area (Å²) in [5.74, 6) is 0.241. The van der Waals surface area contributed by atoms with Crippen molar-refractivity contribution in [1.29, 1.82) is 0 Å². The first kappa shape index (κ1) is 11.4. The van der Waals surface area contributed by atoms with Crippen molar-refractivity contribution >= 4 is 21.7 Å². The molecule has 0 radical (unpaired) electrons. The number of carbonyl (C=O) groups is 1. The summed E-state index contributed by atoms with van der Waals surface area (Å²) < 4.78 is 1.15. The van der Waals surface area contributed by atoms with Crippen LogP contribution in [-0.2, 0) is 4.79 Å². The summed E-state index contributed by atoms with van der Waals surface area (Å²) in [6.45, 7) is 7.74. The molecule has 1 nitrogen and oxygen atoms in total. The van der Waals surface area contributed by atoms with Crippen LogP contribution in [0.4, 0.5) is 0 Å². The molecule has 0 fully saturated rings. The van der Waals surface area contributed by atoms with Crippen molar-refractivity contribution in [1.82, 2.24) is 0 Å². The molecule has 2 heteroatoms. The number of halogens is 1. The van der Waals surface area contributed by atoms with Gasteiger partial charge in [-0.05, 0) is 42.0 Å². The van der Waals surface area contributed by atoms with Gasteiger partial charge in [-0.25, -0.2) is 0 Å². The molecule has 1 aliphatic rings. The largest absolute Gasteiger partial charge is 0.294 e. The van der Waals surface area contributed by atoms with Crippen LogP contribution in [0.1, 0.15) is 26.7 Å². The van der Waals surface area contributed by atoms with E-state index in [1.54, 1.807) is 0 Å². The van der Waals surface area contributed by atoms with E-state index in [-0.39, 0.29) is 11.7 Å². The van der Waals surface area contributed by atoms with Gasteiger partial charge in [0.2, 0.25) is 0 Å². The standard InChI is InChI=1S/C12H15BrO/c1-8-6-10(3)12(14)9(2)4-5-11(13)7-8/h6-7,9H,3-5H2,1-2H3/b8-6-,11-7+. The number of allylic oxidation sites excluding steroid dienone is 5. The molecule has 1 atom stereocenters. The average Bonchev–Trinajstić information content (AvgIpc) is 2.14. The lowest BCUT2D eigenvalue weighted by Crippen LogP contribution is -2.11. The van der Waals surface area contributed by atoms with E-state index in [4.69, 9.17) is 0 Å². The molecule has 1 rings (SSSR count). The number of Topliss-reactive ketones (excluding diaryl/α,β-unsaturated/α-hetero) is 1. The maximum absolute atomic E-state index is 11.7. The highest BCUT2D eigenvalue weighted by atomic mass is 79.9. The number of hydrogen-bond acceptors (Lipinski definition) is 1. The lowest BCUT2D eigenvalue weighted by Gasteiger charge is -2.08. The predicted molar refractivity (Wildman–Crippen MR) is 63.3 cm³/mol. The molecule has 0 spiro atoms. The molecular weight excluding hydrogens is 240 g/mol. The third-order valence-corrected chi connectivity index (χ3v) is 2.99. The molecular formula is C12H15BrO. The Labute approximate surface area is 93.7 Å². The first-order valence-electron chi connectivity index (χ1n) is 4.78. The number of rotatable bonds is 0. The maximum Gasteiger partial charge on any atom is 0.165 e. The van der Waals surface area contributed by atoms with Gasteiger partial charge < -0.3 is 0 Å². The number of carbonyl (C=O) groups excluding carboxylic acids is 1. The van der Waals surface area contributed by atoms with Crippen LogP contribution < -0.4 is 0 Å². The summed E-state index contributed by atoms with van der Waals surface area (Å²) in [5, 5.41) is 0. The van der Waals surface area contributed by atoms with Crippen molar-refractivity contribution in [2.45, 2.75) is 26.7 Å². The predicted octanol–water partition coefficient (Wildman–Crippen LogP) is 3.77. The highest BCUT2D eigenvalue weighted by Gasteiger charge is 2.16. The minimum Gasteiger partial charge on any atom is -0.294 e. The minimum atomic E-state index is 0.0746. The van der Waals surface area contributed by atoms with Crippen LogP contribution >= 0.6 is 15.9 Å². The highest BCUT2D eigenvalue weighted by Crippen LogP contribution is 2.23. The van der Waals surface area contributed by atoms with E-state index in [1.807, 2.05) is 19.9 Å². The topological polar surface area (TPSA) is 17.1 Å². The lowest BCUT2D eigenvalue weighted by molar-refractivity contribution is -0.118. The summed E-state index contributed by atoms with van der Waals surface area (Å²) in [5.41, 5.74) is 1.69. The third-order valence-electron chi connectivity index (χ3n) is 2.37. The second-order valence-corrected chi connectivity index (χ2v) is 4.83. The molecule has 0 saturated heterocycles. The molecule has 0 amide bonds. The fourth-order valence-corrected chi connectivity index (χ4v) is 2.10. The molecule has 0 heterocycles. The van der Waals surface area contributed by atoms with Gasteiger partial charge in [0.25, 0.3) is 0 Å². The first-order valence-corrected chi connectivity index (χ1v) is 5.57. The second-order valence-electron chi connectivity index (χ2n) is 3.81. The van der Waals surface area contributed by atoms with Gasteiger partial charge in [-0.15, -0.1) is 0 Å². The zero-order chi connectivity index (χ0) is 10.7. The van der Waals surface area contributed by atoms with Crippen molar-refractivity contribution in [3.63, 3.8) is 0 Å². The van der Waals surface area contributed by atoms with Gasteiger partial charge in [0.05, 0.1) is 0 Å². The molecule has 0 saturated carbocycles. The van der Waals surface area contributed by atoms with Crippen molar-refractivity contribution in [3.05, 3.63) is 34.4 Å². The zero-order valence-corrected chi connectivity index (χ0v) is 10.2. The van der Waals surface area contributed by atoms with Crippen LogP contribution in [0.5, 0.6) is 0 Å². The lowest BCUT2D eigenvalue weighted by atomic mass is 9.96. The van der Waals surface area contributed by atoms with Gasteiger partial charge in [-0.2, -0.15) is 0 Å². The molecule has 1 aliphatic carbocycles. The molecule has 76 valence electrons. The smallest absolute Gasteiger partial charge is 0.165 e. The van der Waals surface area contributed by atoms with Crippen LogP contribution in [0.3, 0.4) is 0 Å². The monoisotopic (exact) mass is 254 g/mol. The molecule has 14 heavy (non-hydrogen) atoms. The molecule has 1 unspecified atom stereocenters. The van der Waals surface area contributed by atoms with Gasteiger partial charge >= 0.3 is 0 Å². The van der Waals surface area contributed by atoms with E-state index >= 15 is 0 Å². The van der Waals surface area contributed by atoms with E-state index < -0.39 is 0 Å². The minimum absolute atomic E-state index is 0.0746. The Morgan fingerprint density at radius 1 is 1.50 bits per heavy atom. The van der Waals surface area contributed by atoms with Gasteiger partial charge in [0.1, 0.15) is 0 Å². The summed E-state index contributed by atoms with van der Waals surface area (Å²) in [4.78, 5) is 11.7. The highest BCUT2D eigenvalue weighted by molar-refractivity contribution is 9.11. The van der Waals surface area contributed by atoms with Crippen LogP contribution in [0.2, 0.25) is 0 Å². The Balaban J connectivity index is 2.98. The normalized spacial score (nSPS) is 32.1. The van der Waals surface area contributed by atoms with Gasteiger partial charge in [0.15, 0.2) is 5.78 Å². The van der Waals surface area contributed by atoms with Crippen molar-refractivity contribution in [3.8, 4) is 0 Å². The van der Waals surface area contributed by atoms with E-state index in [0.29, 0.717) is 5.57 Å². The molecule has 0 aromatic rings. The van der Waals surface area contributed by atoms with E-state index in [1.165, 1.54) is 0 Å². The van der Waals surface area contributed by atoms with Gasteiger partial charge in [-0.1, -0.05) is 29.4 Å². The van der Waals surface area contributed by atoms with E-state index in [2.05, 4.69) is 28.6 Å². The summed E-state index contributed by atoms with van der Waals surface area (Å²) in [7, 11) is 0. The average molecular weight is 255 g/mol. The van der Waals surface area contributed by atoms with Crippen LogP contribution in [0.15, 0.2) is 34.4 Å². The molecule has 0 N–H and O–H groups in total. The maximum atomic E-state index is 11.7. The molecule has 0 aromatic heterocycles. The Morgan fingerprint density at radius 2 is 2.14 bits per heavy atom. The quantitative estimate of drug-likeness (QED) is 0.602. The zero-order valence-electron chi connectivity index (χ0n) is 8.64. The Bertz CT molecular complexity index is 323.